The summed E-state index contributed by atoms with van der Waals surface area (Å²) in [6.07, 6.45) is 2.08. The smallest absolute Gasteiger partial charge is 0.0457 e. The van der Waals surface area contributed by atoms with E-state index in [1.54, 1.807) is 0 Å². The molecular formula is C16H16N2. The number of hydrogen-bond donors (Lipinski definition) is 2. The largest absolute Gasteiger partial charge is 0.381 e. The van der Waals surface area contributed by atoms with E-state index in [1.165, 1.54) is 27.7 Å². The van der Waals surface area contributed by atoms with Crippen molar-refractivity contribution < 1.29 is 0 Å². The fourth-order valence-electron chi connectivity index (χ4n) is 2.23. The van der Waals surface area contributed by atoms with Crippen molar-refractivity contribution in [2.24, 2.45) is 0 Å². The Bertz CT molecular complexity index is 667. The molecule has 1 aromatic heterocycles. The van der Waals surface area contributed by atoms with Gasteiger partial charge in [0.25, 0.3) is 0 Å². The summed E-state index contributed by atoms with van der Waals surface area (Å²) >= 11 is 0. The van der Waals surface area contributed by atoms with Crippen LogP contribution in [-0.2, 0) is 6.54 Å². The first-order valence-electron chi connectivity index (χ1n) is 6.18. The molecule has 2 heteroatoms. The van der Waals surface area contributed by atoms with Crippen molar-refractivity contribution in [2.75, 3.05) is 5.32 Å². The van der Waals surface area contributed by atoms with Gasteiger partial charge in [-0.25, -0.2) is 0 Å². The molecule has 90 valence electrons. The molecule has 0 bridgehead atoms. The van der Waals surface area contributed by atoms with Crippen LogP contribution in [0, 0.1) is 6.92 Å². The first-order chi connectivity index (χ1) is 8.83. The lowest BCUT2D eigenvalue weighted by atomic mass is 10.1. The van der Waals surface area contributed by atoms with Crippen LogP contribution < -0.4 is 5.32 Å². The molecule has 0 fully saturated rings. The molecule has 0 spiro atoms. The average molecular weight is 236 g/mol. The number of aryl methyl sites for hydroxylation is 1. The van der Waals surface area contributed by atoms with Gasteiger partial charge >= 0.3 is 0 Å². The van der Waals surface area contributed by atoms with Crippen molar-refractivity contribution in [3.8, 4) is 0 Å². The van der Waals surface area contributed by atoms with Gasteiger partial charge in [0.2, 0.25) is 0 Å². The number of rotatable bonds is 3. The highest BCUT2D eigenvalue weighted by Gasteiger charge is 2.02. The topological polar surface area (TPSA) is 27.8 Å². The van der Waals surface area contributed by atoms with Crippen molar-refractivity contribution in [3.05, 3.63) is 65.9 Å². The molecule has 0 aliphatic rings. The predicted octanol–water partition coefficient (Wildman–Crippen LogP) is 4.09. The Hall–Kier alpha value is -2.22. The minimum Gasteiger partial charge on any atom is -0.381 e. The van der Waals surface area contributed by atoms with Gasteiger partial charge in [-0.1, -0.05) is 30.3 Å². The van der Waals surface area contributed by atoms with Crippen molar-refractivity contribution in [2.45, 2.75) is 13.5 Å². The summed E-state index contributed by atoms with van der Waals surface area (Å²) in [5.41, 5.74) is 4.94. The number of aromatic amines is 1. The first-order valence-corrected chi connectivity index (χ1v) is 6.18. The second kappa shape index (κ2) is 4.57. The number of para-hydroxylation sites is 1. The zero-order valence-corrected chi connectivity index (χ0v) is 10.4. The van der Waals surface area contributed by atoms with E-state index in [0.717, 1.165) is 6.54 Å². The molecule has 0 radical (unpaired) electrons. The number of H-pyrrole nitrogens is 1. The molecule has 2 aromatic carbocycles. The zero-order chi connectivity index (χ0) is 12.4. The van der Waals surface area contributed by atoms with E-state index in [0.29, 0.717) is 0 Å². The van der Waals surface area contributed by atoms with E-state index in [-0.39, 0.29) is 0 Å². The van der Waals surface area contributed by atoms with E-state index in [1.807, 2.05) is 0 Å². The first kappa shape index (κ1) is 10.9. The summed E-state index contributed by atoms with van der Waals surface area (Å²) in [6.45, 7) is 2.95. The zero-order valence-electron chi connectivity index (χ0n) is 10.4. The third-order valence-electron chi connectivity index (χ3n) is 3.18. The SMILES string of the molecule is Cc1cccc(NCc2c[nH]c3ccccc23)c1. The highest BCUT2D eigenvalue weighted by atomic mass is 14.9. The Kier molecular flexibility index (Phi) is 2.77. The van der Waals surface area contributed by atoms with Crippen LogP contribution in [0.4, 0.5) is 5.69 Å². The molecule has 0 saturated heterocycles. The summed E-state index contributed by atoms with van der Waals surface area (Å²) in [4.78, 5) is 3.30. The van der Waals surface area contributed by atoms with E-state index < -0.39 is 0 Å². The van der Waals surface area contributed by atoms with Gasteiger partial charge in [-0.15, -0.1) is 0 Å². The van der Waals surface area contributed by atoms with Crippen LogP contribution in [0.2, 0.25) is 0 Å². The molecule has 3 aromatic rings. The molecule has 0 unspecified atom stereocenters. The minimum absolute atomic E-state index is 0.841. The lowest BCUT2D eigenvalue weighted by Gasteiger charge is -2.06. The molecule has 0 aliphatic heterocycles. The summed E-state index contributed by atoms with van der Waals surface area (Å²) in [7, 11) is 0. The lowest BCUT2D eigenvalue weighted by molar-refractivity contribution is 1.16. The third kappa shape index (κ3) is 2.09. The maximum Gasteiger partial charge on any atom is 0.0457 e. The number of anilines is 1. The monoisotopic (exact) mass is 236 g/mol. The predicted molar refractivity (Wildman–Crippen MR) is 76.8 cm³/mol. The van der Waals surface area contributed by atoms with Crippen LogP contribution in [0.25, 0.3) is 10.9 Å². The lowest BCUT2D eigenvalue weighted by Crippen LogP contribution is -1.98. The number of hydrogen-bond acceptors (Lipinski definition) is 1. The van der Waals surface area contributed by atoms with Gasteiger partial charge in [-0.05, 0) is 36.2 Å². The van der Waals surface area contributed by atoms with E-state index in [9.17, 15) is 0 Å². The fraction of sp³-hybridized carbons (Fsp3) is 0.125. The molecule has 3 rings (SSSR count). The Balaban J connectivity index is 1.81. The molecular weight excluding hydrogens is 220 g/mol. The van der Waals surface area contributed by atoms with Crippen LogP contribution in [0.5, 0.6) is 0 Å². The molecule has 2 N–H and O–H groups in total. The van der Waals surface area contributed by atoms with Gasteiger partial charge in [0.1, 0.15) is 0 Å². The van der Waals surface area contributed by atoms with Crippen molar-refractivity contribution in [1.29, 1.82) is 0 Å². The summed E-state index contributed by atoms with van der Waals surface area (Å²) in [5.74, 6) is 0. The summed E-state index contributed by atoms with van der Waals surface area (Å²) in [5, 5.41) is 4.75. The van der Waals surface area contributed by atoms with Crippen LogP contribution in [0.15, 0.2) is 54.7 Å². The van der Waals surface area contributed by atoms with Gasteiger partial charge in [0, 0.05) is 29.3 Å². The molecule has 0 atom stereocenters. The van der Waals surface area contributed by atoms with E-state index in [2.05, 4.69) is 72.0 Å². The minimum atomic E-state index is 0.841. The van der Waals surface area contributed by atoms with Crippen molar-refractivity contribution in [1.82, 2.24) is 4.98 Å². The molecule has 18 heavy (non-hydrogen) atoms. The number of aromatic nitrogens is 1. The standard InChI is InChI=1S/C16H16N2/c1-12-5-4-6-14(9-12)17-10-13-11-18-16-8-3-2-7-15(13)16/h2-9,11,17-18H,10H2,1H3. The second-order valence-electron chi connectivity index (χ2n) is 4.58. The Morgan fingerprint density at radius 1 is 1.06 bits per heavy atom. The van der Waals surface area contributed by atoms with E-state index >= 15 is 0 Å². The van der Waals surface area contributed by atoms with Crippen molar-refractivity contribution in [3.63, 3.8) is 0 Å². The third-order valence-corrected chi connectivity index (χ3v) is 3.18. The van der Waals surface area contributed by atoms with Crippen LogP contribution >= 0.6 is 0 Å². The molecule has 2 nitrogen and oxygen atoms in total. The number of benzene rings is 2. The average Bonchev–Trinajstić information content (AvgIpc) is 2.80. The second-order valence-corrected chi connectivity index (χ2v) is 4.58. The Labute approximate surface area is 107 Å². The van der Waals surface area contributed by atoms with Gasteiger partial charge in [0.05, 0.1) is 0 Å². The quantitative estimate of drug-likeness (QED) is 0.704. The highest BCUT2D eigenvalue weighted by Crippen LogP contribution is 2.19. The summed E-state index contributed by atoms with van der Waals surface area (Å²) < 4.78 is 0. The van der Waals surface area contributed by atoms with Crippen LogP contribution in [-0.4, -0.2) is 4.98 Å². The van der Waals surface area contributed by atoms with Crippen LogP contribution in [0.3, 0.4) is 0 Å². The maximum absolute atomic E-state index is 3.46. The van der Waals surface area contributed by atoms with Gasteiger partial charge < -0.3 is 10.3 Å². The normalized spacial score (nSPS) is 10.7. The van der Waals surface area contributed by atoms with Gasteiger partial charge in [-0.2, -0.15) is 0 Å². The van der Waals surface area contributed by atoms with Gasteiger partial charge in [0.15, 0.2) is 0 Å². The van der Waals surface area contributed by atoms with Crippen LogP contribution in [0.1, 0.15) is 11.1 Å². The molecule has 0 saturated carbocycles. The Morgan fingerprint density at radius 2 is 1.94 bits per heavy atom. The maximum atomic E-state index is 3.46. The summed E-state index contributed by atoms with van der Waals surface area (Å²) in [6, 6.07) is 16.8. The molecule has 0 aliphatic carbocycles. The molecule has 1 heterocycles. The van der Waals surface area contributed by atoms with Crippen molar-refractivity contribution >= 4 is 16.6 Å². The fourth-order valence-corrected chi connectivity index (χ4v) is 2.23. The number of fused-ring (bicyclic) bond motifs is 1. The van der Waals surface area contributed by atoms with Gasteiger partial charge in [-0.3, -0.25) is 0 Å². The van der Waals surface area contributed by atoms with E-state index in [4.69, 9.17) is 0 Å². The highest BCUT2D eigenvalue weighted by molar-refractivity contribution is 5.83. The number of nitrogens with one attached hydrogen (secondary N) is 2. The molecule has 0 amide bonds. The Morgan fingerprint density at radius 3 is 2.83 bits per heavy atom.